The van der Waals surface area contributed by atoms with E-state index >= 15 is 0 Å². The third-order valence-corrected chi connectivity index (χ3v) is 3.72. The van der Waals surface area contributed by atoms with Crippen LogP contribution in [0.1, 0.15) is 27.6 Å². The molecule has 0 heterocycles. The molecule has 0 aromatic heterocycles. The molecule has 0 aliphatic rings. The summed E-state index contributed by atoms with van der Waals surface area (Å²) < 4.78 is 5.19. The van der Waals surface area contributed by atoms with Gasteiger partial charge in [0.2, 0.25) is 0 Å². The van der Waals surface area contributed by atoms with Crippen LogP contribution in [0, 0.1) is 6.92 Å². The number of hydrazine groups is 1. The number of aryl methyl sites for hydroxylation is 1. The lowest BCUT2D eigenvalue weighted by Gasteiger charge is -2.16. The molecule has 2 amide bonds. The molecular weight excluding hydrogens is 316 g/mol. The zero-order valence-electron chi connectivity index (χ0n) is 12.8. The predicted octanol–water partition coefficient (Wildman–Crippen LogP) is 2.80. The number of nitrogens with one attached hydrogen (secondary N) is 2. The Morgan fingerprint density at radius 3 is 2.39 bits per heavy atom. The summed E-state index contributed by atoms with van der Waals surface area (Å²) in [6.45, 7) is 1.84. The number of rotatable bonds is 4. The van der Waals surface area contributed by atoms with Crippen LogP contribution < -0.4 is 10.9 Å². The van der Waals surface area contributed by atoms with E-state index in [-0.39, 0.29) is 0 Å². The van der Waals surface area contributed by atoms with Gasteiger partial charge in [-0.1, -0.05) is 48.0 Å². The van der Waals surface area contributed by atoms with Crippen molar-refractivity contribution >= 4 is 23.4 Å². The van der Waals surface area contributed by atoms with E-state index in [1.54, 1.807) is 30.3 Å². The molecule has 2 aromatic carbocycles. The second kappa shape index (κ2) is 7.76. The lowest BCUT2D eigenvalue weighted by atomic mass is 10.1. The van der Waals surface area contributed by atoms with Crippen LogP contribution in [0.15, 0.2) is 48.5 Å². The van der Waals surface area contributed by atoms with Crippen LogP contribution in [-0.2, 0) is 9.53 Å². The minimum atomic E-state index is -0.807. The standard InChI is InChI=1S/C17H17ClN2O3/c1-11-8-9-13(10-14(11)18)16(21)19-20-17(22)15(23-2)12-6-4-3-5-7-12/h3-10,15H,1-2H3,(H,19,21)(H,20,22)/t15-/m0/s1. The smallest absolute Gasteiger partial charge is 0.272 e. The topological polar surface area (TPSA) is 67.4 Å². The Balaban J connectivity index is 2.00. The van der Waals surface area contributed by atoms with Gasteiger partial charge in [-0.25, -0.2) is 0 Å². The molecule has 1 atom stereocenters. The number of hydrogen-bond acceptors (Lipinski definition) is 3. The van der Waals surface area contributed by atoms with E-state index in [1.165, 1.54) is 7.11 Å². The first-order valence-electron chi connectivity index (χ1n) is 6.97. The normalized spacial score (nSPS) is 11.6. The minimum absolute atomic E-state index is 0.356. The zero-order valence-corrected chi connectivity index (χ0v) is 13.6. The lowest BCUT2D eigenvalue weighted by molar-refractivity contribution is -0.132. The number of methoxy groups -OCH3 is 1. The second-order valence-corrected chi connectivity index (χ2v) is 5.34. The second-order valence-electron chi connectivity index (χ2n) is 4.93. The maximum absolute atomic E-state index is 12.2. The number of hydrogen-bond donors (Lipinski definition) is 2. The first kappa shape index (κ1) is 17.0. The van der Waals surface area contributed by atoms with E-state index in [1.807, 2.05) is 25.1 Å². The Hall–Kier alpha value is -2.37. The maximum atomic E-state index is 12.2. The van der Waals surface area contributed by atoms with Crippen molar-refractivity contribution in [3.63, 3.8) is 0 Å². The van der Waals surface area contributed by atoms with Gasteiger partial charge in [-0.2, -0.15) is 0 Å². The average Bonchev–Trinajstić information content (AvgIpc) is 2.57. The fourth-order valence-corrected chi connectivity index (χ4v) is 2.19. The largest absolute Gasteiger partial charge is 0.367 e. The molecule has 23 heavy (non-hydrogen) atoms. The monoisotopic (exact) mass is 332 g/mol. The number of carbonyl (C=O) groups excluding carboxylic acids is 2. The van der Waals surface area contributed by atoms with Crippen molar-refractivity contribution in [1.82, 2.24) is 10.9 Å². The van der Waals surface area contributed by atoms with E-state index in [0.29, 0.717) is 16.1 Å². The number of amides is 2. The molecule has 0 aliphatic carbocycles. The molecule has 2 rings (SSSR count). The molecule has 0 aliphatic heterocycles. The summed E-state index contributed by atoms with van der Waals surface area (Å²) in [5.74, 6) is -0.923. The van der Waals surface area contributed by atoms with E-state index < -0.39 is 17.9 Å². The molecule has 0 spiro atoms. The van der Waals surface area contributed by atoms with Gasteiger partial charge < -0.3 is 4.74 Å². The molecular formula is C17H17ClN2O3. The Bertz CT molecular complexity index is 704. The van der Waals surface area contributed by atoms with Crippen LogP contribution in [-0.4, -0.2) is 18.9 Å². The van der Waals surface area contributed by atoms with Gasteiger partial charge in [0, 0.05) is 17.7 Å². The van der Waals surface area contributed by atoms with Crippen molar-refractivity contribution in [1.29, 1.82) is 0 Å². The van der Waals surface area contributed by atoms with Crippen molar-refractivity contribution in [2.45, 2.75) is 13.0 Å². The van der Waals surface area contributed by atoms with Crippen molar-refractivity contribution < 1.29 is 14.3 Å². The number of benzene rings is 2. The zero-order chi connectivity index (χ0) is 16.8. The molecule has 5 nitrogen and oxygen atoms in total. The molecule has 0 saturated carbocycles. The summed E-state index contributed by atoms with van der Waals surface area (Å²) in [4.78, 5) is 24.2. The van der Waals surface area contributed by atoms with E-state index in [9.17, 15) is 9.59 Å². The molecule has 6 heteroatoms. The van der Waals surface area contributed by atoms with Crippen LogP contribution in [0.3, 0.4) is 0 Å². The molecule has 2 aromatic rings. The van der Waals surface area contributed by atoms with Gasteiger partial charge in [-0.3, -0.25) is 20.4 Å². The summed E-state index contributed by atoms with van der Waals surface area (Å²) in [7, 11) is 1.43. The van der Waals surface area contributed by atoms with Crippen molar-refractivity contribution in [3.8, 4) is 0 Å². The van der Waals surface area contributed by atoms with Gasteiger partial charge in [-0.05, 0) is 30.2 Å². The summed E-state index contributed by atoms with van der Waals surface area (Å²) in [6.07, 6.45) is -0.807. The van der Waals surface area contributed by atoms with Crippen LogP contribution in [0.2, 0.25) is 5.02 Å². The Morgan fingerprint density at radius 1 is 1.09 bits per heavy atom. The first-order chi connectivity index (χ1) is 11.0. The van der Waals surface area contributed by atoms with Gasteiger partial charge in [-0.15, -0.1) is 0 Å². The quantitative estimate of drug-likeness (QED) is 0.846. The van der Waals surface area contributed by atoms with Gasteiger partial charge in [0.1, 0.15) is 0 Å². The van der Waals surface area contributed by atoms with Gasteiger partial charge in [0.05, 0.1) is 0 Å². The van der Waals surface area contributed by atoms with Crippen LogP contribution in [0.5, 0.6) is 0 Å². The number of halogens is 1. The highest BCUT2D eigenvalue weighted by atomic mass is 35.5. The summed E-state index contributed by atoms with van der Waals surface area (Å²) >= 11 is 5.99. The van der Waals surface area contributed by atoms with Crippen molar-refractivity contribution in [2.75, 3.05) is 7.11 Å². The Morgan fingerprint density at radius 2 is 1.78 bits per heavy atom. The average molecular weight is 333 g/mol. The first-order valence-corrected chi connectivity index (χ1v) is 7.35. The molecule has 0 fully saturated rings. The summed E-state index contributed by atoms with van der Waals surface area (Å²) in [5.41, 5.74) is 6.63. The molecule has 0 unspecified atom stereocenters. The van der Waals surface area contributed by atoms with E-state index in [4.69, 9.17) is 16.3 Å². The molecule has 2 N–H and O–H groups in total. The van der Waals surface area contributed by atoms with Gasteiger partial charge in [0.25, 0.3) is 11.8 Å². The third kappa shape index (κ3) is 4.31. The lowest BCUT2D eigenvalue weighted by Crippen LogP contribution is -2.44. The molecule has 120 valence electrons. The highest BCUT2D eigenvalue weighted by Gasteiger charge is 2.20. The summed E-state index contributed by atoms with van der Waals surface area (Å²) in [6, 6.07) is 13.9. The molecule has 0 bridgehead atoms. The van der Waals surface area contributed by atoms with E-state index in [0.717, 1.165) is 5.56 Å². The van der Waals surface area contributed by atoms with E-state index in [2.05, 4.69) is 10.9 Å². The number of carbonyl (C=O) groups is 2. The highest BCUT2D eigenvalue weighted by molar-refractivity contribution is 6.31. The SMILES string of the molecule is CO[C@H](C(=O)NNC(=O)c1ccc(C)c(Cl)c1)c1ccccc1. The van der Waals surface area contributed by atoms with Gasteiger partial charge >= 0.3 is 0 Å². The van der Waals surface area contributed by atoms with Crippen molar-refractivity contribution in [3.05, 3.63) is 70.2 Å². The van der Waals surface area contributed by atoms with Crippen LogP contribution in [0.4, 0.5) is 0 Å². The Labute approximate surface area is 139 Å². The third-order valence-electron chi connectivity index (χ3n) is 3.31. The molecule has 0 radical (unpaired) electrons. The van der Waals surface area contributed by atoms with Crippen molar-refractivity contribution in [2.24, 2.45) is 0 Å². The fourth-order valence-electron chi connectivity index (χ4n) is 2.01. The predicted molar refractivity (Wildman–Crippen MR) is 88.0 cm³/mol. The van der Waals surface area contributed by atoms with Crippen LogP contribution in [0.25, 0.3) is 0 Å². The minimum Gasteiger partial charge on any atom is -0.367 e. The number of ether oxygens (including phenoxy) is 1. The fraction of sp³-hybridized carbons (Fsp3) is 0.176. The molecule has 0 saturated heterocycles. The highest BCUT2D eigenvalue weighted by Crippen LogP contribution is 2.17. The maximum Gasteiger partial charge on any atom is 0.272 e. The van der Waals surface area contributed by atoms with Gasteiger partial charge in [0.15, 0.2) is 6.10 Å². The summed E-state index contributed by atoms with van der Waals surface area (Å²) in [5, 5.41) is 0.489. The van der Waals surface area contributed by atoms with Crippen LogP contribution >= 0.6 is 11.6 Å². The Kier molecular flexibility index (Phi) is 5.73.